The molecule has 0 aliphatic heterocycles. The molecule has 28 heavy (non-hydrogen) atoms. The topological polar surface area (TPSA) is 90.7 Å². The molecule has 0 fully saturated rings. The number of thioether (sulfide) groups is 1. The average molecular weight is 414 g/mol. The number of nitriles is 1. The molecule has 2 aromatic carbocycles. The summed E-state index contributed by atoms with van der Waals surface area (Å²) in [6.07, 6.45) is 0.294. The van der Waals surface area contributed by atoms with Crippen LogP contribution in [-0.2, 0) is 11.3 Å². The van der Waals surface area contributed by atoms with Gasteiger partial charge in [0.05, 0.1) is 11.3 Å². The molecule has 0 radical (unpaired) electrons. The van der Waals surface area contributed by atoms with Crippen molar-refractivity contribution in [2.24, 2.45) is 0 Å². The number of nitrogens with zero attached hydrogens (tertiary/aromatic N) is 3. The van der Waals surface area contributed by atoms with Gasteiger partial charge in [0.1, 0.15) is 11.9 Å². The van der Waals surface area contributed by atoms with Gasteiger partial charge in [0.25, 0.3) is 0 Å². The summed E-state index contributed by atoms with van der Waals surface area (Å²) < 4.78 is 13.7. The lowest BCUT2D eigenvalue weighted by Crippen LogP contribution is -2.13. The number of hydrogen-bond acceptors (Lipinski definition) is 7. The van der Waals surface area contributed by atoms with Crippen LogP contribution in [0, 0.1) is 17.1 Å². The molecular formula is C19H16FN5OS2. The minimum atomic E-state index is -0.265. The fraction of sp³-hybridized carbons (Fsp3) is 0.158. The third-order valence-electron chi connectivity index (χ3n) is 3.64. The van der Waals surface area contributed by atoms with Gasteiger partial charge in [-0.3, -0.25) is 4.79 Å². The largest absolute Gasteiger partial charge is 0.356 e. The Kier molecular flexibility index (Phi) is 6.94. The van der Waals surface area contributed by atoms with Crippen LogP contribution in [0.25, 0.3) is 0 Å². The number of para-hydroxylation sites is 1. The van der Waals surface area contributed by atoms with Crippen molar-refractivity contribution in [1.82, 2.24) is 10.2 Å². The quantitative estimate of drug-likeness (QED) is 0.536. The van der Waals surface area contributed by atoms with Crippen LogP contribution in [0.15, 0.2) is 52.9 Å². The van der Waals surface area contributed by atoms with Gasteiger partial charge in [0.15, 0.2) is 4.34 Å². The molecule has 6 nitrogen and oxygen atoms in total. The third kappa shape index (κ3) is 5.77. The summed E-state index contributed by atoms with van der Waals surface area (Å²) >= 11 is 2.84. The maximum absolute atomic E-state index is 12.9. The SMILES string of the molecule is N#Cc1ccccc1NC(=O)CCSc1nnc(NCc2ccc(F)cc2)s1. The van der Waals surface area contributed by atoms with Gasteiger partial charge in [0.2, 0.25) is 11.0 Å². The summed E-state index contributed by atoms with van der Waals surface area (Å²) in [5.74, 6) is 0.125. The van der Waals surface area contributed by atoms with Crippen LogP contribution in [0.5, 0.6) is 0 Å². The van der Waals surface area contributed by atoms with Crippen molar-refractivity contribution in [1.29, 1.82) is 5.26 Å². The van der Waals surface area contributed by atoms with E-state index in [1.807, 2.05) is 0 Å². The molecule has 142 valence electrons. The summed E-state index contributed by atoms with van der Waals surface area (Å²) in [5.41, 5.74) is 1.90. The molecule has 0 aliphatic rings. The lowest BCUT2D eigenvalue weighted by Gasteiger charge is -2.05. The van der Waals surface area contributed by atoms with Gasteiger partial charge in [-0.1, -0.05) is 47.4 Å². The van der Waals surface area contributed by atoms with Gasteiger partial charge in [0, 0.05) is 18.7 Å². The molecule has 3 aromatic rings. The number of benzene rings is 2. The highest BCUT2D eigenvalue weighted by Crippen LogP contribution is 2.26. The standard InChI is InChI=1S/C19H16FN5OS2/c20-15-7-5-13(6-8-15)12-22-18-24-25-19(28-18)27-10-9-17(26)23-16-4-2-1-3-14(16)11-21/h1-8H,9-10,12H2,(H,22,24)(H,23,26). The molecule has 2 N–H and O–H groups in total. The van der Waals surface area contributed by atoms with Gasteiger partial charge in [-0.25, -0.2) is 4.39 Å². The van der Waals surface area contributed by atoms with Crippen molar-refractivity contribution in [3.63, 3.8) is 0 Å². The van der Waals surface area contributed by atoms with E-state index in [0.29, 0.717) is 35.1 Å². The van der Waals surface area contributed by atoms with Crippen molar-refractivity contribution in [2.75, 3.05) is 16.4 Å². The van der Waals surface area contributed by atoms with Crippen molar-refractivity contribution >= 4 is 39.8 Å². The van der Waals surface area contributed by atoms with E-state index in [9.17, 15) is 9.18 Å². The fourth-order valence-corrected chi connectivity index (χ4v) is 4.01. The van der Waals surface area contributed by atoms with E-state index in [2.05, 4.69) is 26.9 Å². The second-order valence-corrected chi connectivity index (χ2v) is 7.98. The van der Waals surface area contributed by atoms with E-state index in [1.54, 1.807) is 36.4 Å². The Hall–Kier alpha value is -2.96. The molecule has 0 spiro atoms. The summed E-state index contributed by atoms with van der Waals surface area (Å²) in [7, 11) is 0. The Morgan fingerprint density at radius 2 is 1.96 bits per heavy atom. The van der Waals surface area contributed by atoms with E-state index in [0.717, 1.165) is 9.90 Å². The number of halogens is 1. The number of nitrogens with one attached hydrogen (secondary N) is 2. The van der Waals surface area contributed by atoms with Gasteiger partial charge in [-0.05, 0) is 29.8 Å². The number of aromatic nitrogens is 2. The first kappa shape index (κ1) is 19.8. The van der Waals surface area contributed by atoms with Crippen molar-refractivity contribution < 1.29 is 9.18 Å². The van der Waals surface area contributed by atoms with E-state index < -0.39 is 0 Å². The maximum atomic E-state index is 12.9. The number of rotatable bonds is 8. The zero-order chi connectivity index (χ0) is 19.8. The number of amides is 1. The molecule has 1 heterocycles. The van der Waals surface area contributed by atoms with Crippen LogP contribution < -0.4 is 10.6 Å². The second kappa shape index (κ2) is 9.82. The molecule has 0 aliphatic carbocycles. The zero-order valence-corrected chi connectivity index (χ0v) is 16.3. The van der Waals surface area contributed by atoms with E-state index >= 15 is 0 Å². The fourth-order valence-electron chi connectivity index (χ4n) is 2.25. The summed E-state index contributed by atoms with van der Waals surface area (Å²) in [5, 5.41) is 23.8. The Morgan fingerprint density at radius 1 is 1.18 bits per heavy atom. The van der Waals surface area contributed by atoms with Crippen molar-refractivity contribution in [3.8, 4) is 6.07 Å². The number of hydrogen-bond donors (Lipinski definition) is 2. The summed E-state index contributed by atoms with van der Waals surface area (Å²) in [6.45, 7) is 0.528. The first-order valence-electron chi connectivity index (χ1n) is 8.37. The predicted octanol–water partition coefficient (Wildman–Crippen LogP) is 4.28. The highest BCUT2D eigenvalue weighted by atomic mass is 32.2. The maximum Gasteiger partial charge on any atom is 0.225 e. The molecular weight excluding hydrogens is 397 g/mol. The first-order valence-corrected chi connectivity index (χ1v) is 10.2. The summed E-state index contributed by atoms with van der Waals surface area (Å²) in [6, 6.07) is 15.2. The Morgan fingerprint density at radius 3 is 2.75 bits per heavy atom. The van der Waals surface area contributed by atoms with E-state index in [-0.39, 0.29) is 11.7 Å². The molecule has 0 atom stereocenters. The minimum Gasteiger partial charge on any atom is -0.356 e. The lowest BCUT2D eigenvalue weighted by atomic mass is 10.2. The molecule has 1 amide bonds. The third-order valence-corrected chi connectivity index (χ3v) is 5.66. The Bertz CT molecular complexity index is 984. The van der Waals surface area contributed by atoms with Gasteiger partial charge in [-0.15, -0.1) is 10.2 Å². The number of carbonyl (C=O) groups is 1. The lowest BCUT2D eigenvalue weighted by molar-refractivity contribution is -0.115. The van der Waals surface area contributed by atoms with Crippen molar-refractivity contribution in [3.05, 3.63) is 65.5 Å². The average Bonchev–Trinajstić information content (AvgIpc) is 3.16. The molecule has 0 saturated heterocycles. The Labute approximate surface area is 169 Å². The molecule has 1 aromatic heterocycles. The van der Waals surface area contributed by atoms with Crippen LogP contribution in [0.2, 0.25) is 0 Å². The second-order valence-electron chi connectivity index (χ2n) is 5.66. The predicted molar refractivity (Wildman–Crippen MR) is 109 cm³/mol. The highest BCUT2D eigenvalue weighted by molar-refractivity contribution is 8.01. The highest BCUT2D eigenvalue weighted by Gasteiger charge is 2.09. The number of carbonyl (C=O) groups excluding carboxylic acids is 1. The van der Waals surface area contributed by atoms with Gasteiger partial charge in [-0.2, -0.15) is 5.26 Å². The Balaban J connectivity index is 1.42. The van der Waals surface area contributed by atoms with Crippen LogP contribution in [-0.4, -0.2) is 21.9 Å². The first-order chi connectivity index (χ1) is 13.6. The van der Waals surface area contributed by atoms with Crippen LogP contribution in [0.4, 0.5) is 15.2 Å². The molecule has 0 bridgehead atoms. The molecule has 0 unspecified atom stereocenters. The summed E-state index contributed by atoms with van der Waals surface area (Å²) in [4.78, 5) is 12.1. The number of anilines is 2. The molecule has 0 saturated carbocycles. The van der Waals surface area contributed by atoms with Crippen LogP contribution in [0.3, 0.4) is 0 Å². The minimum absolute atomic E-state index is 0.158. The van der Waals surface area contributed by atoms with Crippen LogP contribution in [0.1, 0.15) is 17.5 Å². The van der Waals surface area contributed by atoms with Gasteiger partial charge < -0.3 is 10.6 Å². The normalized spacial score (nSPS) is 10.3. The van der Waals surface area contributed by atoms with Gasteiger partial charge >= 0.3 is 0 Å². The van der Waals surface area contributed by atoms with E-state index in [1.165, 1.54) is 35.2 Å². The van der Waals surface area contributed by atoms with E-state index in [4.69, 9.17) is 5.26 Å². The van der Waals surface area contributed by atoms with Crippen LogP contribution >= 0.6 is 23.1 Å². The molecule has 9 heteroatoms. The smallest absolute Gasteiger partial charge is 0.225 e. The monoisotopic (exact) mass is 413 g/mol. The van der Waals surface area contributed by atoms with Crippen molar-refractivity contribution in [2.45, 2.75) is 17.3 Å². The molecule has 3 rings (SSSR count). The zero-order valence-electron chi connectivity index (χ0n) is 14.7.